The van der Waals surface area contributed by atoms with Crippen LogP contribution in [0.15, 0.2) is 12.7 Å². The topological polar surface area (TPSA) is 58.2 Å². The molecule has 0 aliphatic rings. The summed E-state index contributed by atoms with van der Waals surface area (Å²) in [4.78, 5) is 0. The van der Waals surface area contributed by atoms with Gasteiger partial charge < -0.3 is 0 Å². The third kappa shape index (κ3) is 7.95. The summed E-state index contributed by atoms with van der Waals surface area (Å²) in [5, 5.41) is 0. The van der Waals surface area contributed by atoms with Gasteiger partial charge in [-0.3, -0.25) is 0 Å². The SMILES string of the molecule is C=CCCNS(=O)(=O)NCC(C)C. The Morgan fingerprint density at radius 3 is 2.46 bits per heavy atom. The minimum Gasteiger partial charge on any atom is -0.202 e. The summed E-state index contributed by atoms with van der Waals surface area (Å²) in [6.45, 7) is 8.26. The molecule has 0 radical (unpaired) electrons. The van der Waals surface area contributed by atoms with Crippen molar-refractivity contribution in [3.05, 3.63) is 12.7 Å². The van der Waals surface area contributed by atoms with Crippen LogP contribution in [0.1, 0.15) is 20.3 Å². The molecular weight excluding hydrogens is 188 g/mol. The summed E-state index contributed by atoms with van der Waals surface area (Å²) >= 11 is 0. The highest BCUT2D eigenvalue weighted by atomic mass is 32.2. The molecule has 4 nitrogen and oxygen atoms in total. The van der Waals surface area contributed by atoms with Crippen LogP contribution in [0, 0.1) is 5.92 Å². The van der Waals surface area contributed by atoms with E-state index < -0.39 is 10.2 Å². The third-order valence-electron chi connectivity index (χ3n) is 1.32. The Morgan fingerprint density at radius 2 is 2.00 bits per heavy atom. The Balaban J connectivity index is 3.74. The van der Waals surface area contributed by atoms with E-state index in [0.717, 1.165) is 0 Å². The first-order valence-corrected chi connectivity index (χ1v) is 5.81. The van der Waals surface area contributed by atoms with E-state index in [1.54, 1.807) is 6.08 Å². The van der Waals surface area contributed by atoms with Gasteiger partial charge in [0.2, 0.25) is 0 Å². The lowest BCUT2D eigenvalue weighted by atomic mass is 10.2. The smallest absolute Gasteiger partial charge is 0.202 e. The van der Waals surface area contributed by atoms with Gasteiger partial charge >= 0.3 is 0 Å². The Bertz CT molecular complexity index is 235. The number of hydrogen-bond donors (Lipinski definition) is 2. The third-order valence-corrected chi connectivity index (χ3v) is 2.45. The van der Waals surface area contributed by atoms with Crippen molar-refractivity contribution in [3.8, 4) is 0 Å². The Morgan fingerprint density at radius 1 is 1.38 bits per heavy atom. The highest BCUT2D eigenvalue weighted by molar-refractivity contribution is 7.87. The van der Waals surface area contributed by atoms with Gasteiger partial charge in [-0.05, 0) is 12.3 Å². The Labute approximate surface area is 80.6 Å². The molecule has 0 aromatic carbocycles. The van der Waals surface area contributed by atoms with Crippen molar-refractivity contribution in [3.63, 3.8) is 0 Å². The fourth-order valence-corrected chi connectivity index (χ4v) is 1.66. The van der Waals surface area contributed by atoms with Crippen LogP contribution in [0.4, 0.5) is 0 Å². The van der Waals surface area contributed by atoms with Gasteiger partial charge in [0.25, 0.3) is 10.2 Å². The van der Waals surface area contributed by atoms with Gasteiger partial charge in [-0.25, -0.2) is 9.44 Å². The molecule has 0 bridgehead atoms. The predicted octanol–water partition coefficient (Wildman–Crippen LogP) is 0.642. The van der Waals surface area contributed by atoms with E-state index >= 15 is 0 Å². The normalized spacial score (nSPS) is 11.9. The van der Waals surface area contributed by atoms with Crippen LogP contribution >= 0.6 is 0 Å². The molecule has 0 aliphatic carbocycles. The Kier molecular flexibility index (Phi) is 5.94. The molecule has 5 heteroatoms. The molecule has 0 heterocycles. The van der Waals surface area contributed by atoms with E-state index in [9.17, 15) is 8.42 Å². The summed E-state index contributed by atoms with van der Waals surface area (Å²) < 4.78 is 27.2. The lowest BCUT2D eigenvalue weighted by Gasteiger charge is -2.08. The van der Waals surface area contributed by atoms with Crippen molar-refractivity contribution >= 4 is 10.2 Å². The van der Waals surface area contributed by atoms with Gasteiger partial charge in [-0.15, -0.1) is 6.58 Å². The second-order valence-electron chi connectivity index (χ2n) is 3.22. The van der Waals surface area contributed by atoms with Crippen LogP contribution in [0.5, 0.6) is 0 Å². The summed E-state index contributed by atoms with van der Waals surface area (Å²) in [6.07, 6.45) is 2.31. The quantitative estimate of drug-likeness (QED) is 0.474. The molecule has 0 amide bonds. The van der Waals surface area contributed by atoms with Crippen molar-refractivity contribution in [2.45, 2.75) is 20.3 Å². The van der Waals surface area contributed by atoms with Crippen molar-refractivity contribution in [2.24, 2.45) is 5.92 Å². The van der Waals surface area contributed by atoms with Gasteiger partial charge in [-0.1, -0.05) is 19.9 Å². The zero-order valence-corrected chi connectivity index (χ0v) is 9.02. The largest absolute Gasteiger partial charge is 0.276 e. The van der Waals surface area contributed by atoms with Gasteiger partial charge in [0.1, 0.15) is 0 Å². The molecular formula is C8H18N2O2S. The highest BCUT2D eigenvalue weighted by Gasteiger charge is 2.07. The van der Waals surface area contributed by atoms with E-state index in [2.05, 4.69) is 16.0 Å². The first-order chi connectivity index (χ1) is 5.98. The lowest BCUT2D eigenvalue weighted by Crippen LogP contribution is -2.38. The van der Waals surface area contributed by atoms with Gasteiger partial charge in [0.15, 0.2) is 0 Å². The highest BCUT2D eigenvalue weighted by Crippen LogP contribution is 1.89. The van der Waals surface area contributed by atoms with Crippen LogP contribution in [0.25, 0.3) is 0 Å². The maximum atomic E-state index is 11.2. The average molecular weight is 206 g/mol. The fraction of sp³-hybridized carbons (Fsp3) is 0.750. The van der Waals surface area contributed by atoms with E-state index in [-0.39, 0.29) is 0 Å². The van der Waals surface area contributed by atoms with Crippen LogP contribution in [-0.4, -0.2) is 21.5 Å². The summed E-state index contributed by atoms with van der Waals surface area (Å²) in [7, 11) is -3.30. The van der Waals surface area contributed by atoms with Crippen LogP contribution in [-0.2, 0) is 10.2 Å². The standard InChI is InChI=1S/C8H18N2O2S/c1-4-5-6-9-13(11,12)10-7-8(2)3/h4,8-10H,1,5-7H2,2-3H3. The minimum atomic E-state index is -3.30. The monoisotopic (exact) mass is 206 g/mol. The molecule has 0 atom stereocenters. The van der Waals surface area contributed by atoms with E-state index in [0.29, 0.717) is 25.4 Å². The number of nitrogens with one attached hydrogen (secondary N) is 2. The molecule has 0 aromatic rings. The molecule has 0 unspecified atom stereocenters. The molecule has 0 rings (SSSR count). The Hall–Kier alpha value is -0.390. The lowest BCUT2D eigenvalue weighted by molar-refractivity contribution is 0.548. The van der Waals surface area contributed by atoms with Crippen molar-refractivity contribution in [2.75, 3.05) is 13.1 Å². The fourth-order valence-electron chi connectivity index (χ4n) is 0.623. The molecule has 78 valence electrons. The summed E-state index contributed by atoms with van der Waals surface area (Å²) in [5.41, 5.74) is 0. The van der Waals surface area contributed by atoms with E-state index in [4.69, 9.17) is 0 Å². The van der Waals surface area contributed by atoms with Crippen molar-refractivity contribution in [1.82, 2.24) is 9.44 Å². The maximum Gasteiger partial charge on any atom is 0.276 e. The van der Waals surface area contributed by atoms with Crippen molar-refractivity contribution in [1.29, 1.82) is 0 Å². The van der Waals surface area contributed by atoms with Crippen molar-refractivity contribution < 1.29 is 8.42 Å². The van der Waals surface area contributed by atoms with Gasteiger partial charge in [0, 0.05) is 13.1 Å². The molecule has 2 N–H and O–H groups in total. The van der Waals surface area contributed by atoms with Gasteiger partial charge in [-0.2, -0.15) is 8.42 Å². The molecule has 0 spiro atoms. The number of hydrogen-bond acceptors (Lipinski definition) is 2. The van der Waals surface area contributed by atoms with Crippen LogP contribution in [0.2, 0.25) is 0 Å². The predicted molar refractivity (Wildman–Crippen MR) is 54.6 cm³/mol. The molecule has 0 aliphatic heterocycles. The second kappa shape index (κ2) is 6.12. The molecule has 0 saturated carbocycles. The molecule has 0 aromatic heterocycles. The van der Waals surface area contributed by atoms with Gasteiger partial charge in [0.05, 0.1) is 0 Å². The summed E-state index contributed by atoms with van der Waals surface area (Å²) in [5.74, 6) is 0.316. The zero-order chi connectivity index (χ0) is 10.3. The van der Waals surface area contributed by atoms with E-state index in [1.807, 2.05) is 13.8 Å². The maximum absolute atomic E-state index is 11.2. The van der Waals surface area contributed by atoms with Crippen LogP contribution in [0.3, 0.4) is 0 Å². The minimum absolute atomic E-state index is 0.316. The van der Waals surface area contributed by atoms with Crippen LogP contribution < -0.4 is 9.44 Å². The molecule has 0 saturated heterocycles. The average Bonchev–Trinajstić information content (AvgIpc) is 2.02. The molecule has 0 fully saturated rings. The first kappa shape index (κ1) is 12.6. The number of rotatable bonds is 7. The first-order valence-electron chi connectivity index (χ1n) is 4.33. The van der Waals surface area contributed by atoms with E-state index in [1.165, 1.54) is 0 Å². The second-order valence-corrected chi connectivity index (χ2v) is 4.80. The summed E-state index contributed by atoms with van der Waals surface area (Å²) in [6, 6.07) is 0. The zero-order valence-electron chi connectivity index (χ0n) is 8.21. The molecule has 13 heavy (non-hydrogen) atoms.